The van der Waals surface area contributed by atoms with E-state index in [1.54, 1.807) is 36.2 Å². The molecule has 0 bridgehead atoms. The van der Waals surface area contributed by atoms with Crippen molar-refractivity contribution in [2.24, 2.45) is 0 Å². The number of carbonyl (C=O) groups excluding carboxylic acids is 1. The van der Waals surface area contributed by atoms with E-state index in [0.717, 1.165) is 23.5 Å². The van der Waals surface area contributed by atoms with Crippen LogP contribution < -0.4 is 19.1 Å². The van der Waals surface area contributed by atoms with E-state index >= 15 is 0 Å². The molecule has 0 saturated carbocycles. The number of carbonyl (C=O) groups is 1. The second-order valence-electron chi connectivity index (χ2n) is 6.75. The molecule has 0 unspecified atom stereocenters. The van der Waals surface area contributed by atoms with Crippen LogP contribution in [0, 0.1) is 0 Å². The molecular weight excluding hydrogens is 428 g/mol. The van der Waals surface area contributed by atoms with Gasteiger partial charge in [-0.15, -0.1) is 0 Å². The summed E-state index contributed by atoms with van der Waals surface area (Å²) in [5, 5.41) is 2.86. The fourth-order valence-corrected chi connectivity index (χ4v) is 4.69. The number of nitrogens with one attached hydrogen (secondary N) is 1. The van der Waals surface area contributed by atoms with Gasteiger partial charge in [-0.1, -0.05) is 0 Å². The lowest BCUT2D eigenvalue weighted by molar-refractivity contribution is -0.121. The van der Waals surface area contributed by atoms with Gasteiger partial charge in [0.15, 0.2) is 11.5 Å². The Balaban J connectivity index is 1.43. The standard InChI is InChI=1S/C20H26N2O6S2/c1-30(24,25)22(16-6-7-18-19(14-16)28-12-11-27-18)9-2-5-20(23)21-8-13-29-15-17-4-3-10-26-17/h3-4,6-7,10,14H,2,5,8-9,11-13,15H2,1H3,(H,21,23). The van der Waals surface area contributed by atoms with Crippen LogP contribution in [0.5, 0.6) is 11.5 Å². The van der Waals surface area contributed by atoms with Crippen molar-refractivity contribution in [1.82, 2.24) is 5.32 Å². The summed E-state index contributed by atoms with van der Waals surface area (Å²) in [6.45, 7) is 1.66. The van der Waals surface area contributed by atoms with Crippen LogP contribution in [0.15, 0.2) is 41.0 Å². The Hall–Kier alpha value is -2.33. The summed E-state index contributed by atoms with van der Waals surface area (Å²) in [7, 11) is -3.50. The Morgan fingerprint density at radius 2 is 2.00 bits per heavy atom. The van der Waals surface area contributed by atoms with E-state index in [1.807, 2.05) is 12.1 Å². The van der Waals surface area contributed by atoms with Crippen molar-refractivity contribution in [3.05, 3.63) is 42.4 Å². The predicted molar refractivity (Wildman–Crippen MR) is 117 cm³/mol. The summed E-state index contributed by atoms with van der Waals surface area (Å²) in [5.41, 5.74) is 0.497. The van der Waals surface area contributed by atoms with E-state index in [9.17, 15) is 13.2 Å². The van der Waals surface area contributed by atoms with Crippen LogP contribution in [0.25, 0.3) is 0 Å². The van der Waals surface area contributed by atoms with Gasteiger partial charge in [0.2, 0.25) is 15.9 Å². The summed E-state index contributed by atoms with van der Waals surface area (Å²) in [5.74, 6) is 3.48. The Morgan fingerprint density at radius 1 is 1.20 bits per heavy atom. The maximum atomic E-state index is 12.3. The molecule has 30 heavy (non-hydrogen) atoms. The molecule has 0 atom stereocenters. The molecule has 2 aromatic rings. The Bertz CT molecular complexity index is 931. The summed E-state index contributed by atoms with van der Waals surface area (Å²) in [6.07, 6.45) is 3.45. The molecule has 164 valence electrons. The Kier molecular flexibility index (Phi) is 7.92. The summed E-state index contributed by atoms with van der Waals surface area (Å²) in [4.78, 5) is 12.1. The highest BCUT2D eigenvalue weighted by atomic mass is 32.2. The van der Waals surface area contributed by atoms with Gasteiger partial charge >= 0.3 is 0 Å². The van der Waals surface area contributed by atoms with Crippen LogP contribution in [0.3, 0.4) is 0 Å². The molecule has 1 amide bonds. The topological polar surface area (TPSA) is 98.1 Å². The summed E-state index contributed by atoms with van der Waals surface area (Å²) in [6, 6.07) is 8.81. The van der Waals surface area contributed by atoms with Crippen LogP contribution in [0.4, 0.5) is 5.69 Å². The minimum atomic E-state index is -3.50. The number of rotatable bonds is 11. The number of hydrogen-bond donors (Lipinski definition) is 1. The van der Waals surface area contributed by atoms with Gasteiger partial charge in [0.25, 0.3) is 0 Å². The number of ether oxygens (including phenoxy) is 2. The third kappa shape index (κ3) is 6.60. The predicted octanol–water partition coefficient (Wildman–Crippen LogP) is 2.65. The van der Waals surface area contributed by atoms with Crippen LogP contribution in [-0.4, -0.2) is 52.6 Å². The van der Waals surface area contributed by atoms with Crippen LogP contribution in [0.1, 0.15) is 18.6 Å². The zero-order valence-corrected chi connectivity index (χ0v) is 18.5. The van der Waals surface area contributed by atoms with Crippen molar-refractivity contribution >= 4 is 33.4 Å². The van der Waals surface area contributed by atoms with Crippen LogP contribution >= 0.6 is 11.8 Å². The maximum Gasteiger partial charge on any atom is 0.232 e. The van der Waals surface area contributed by atoms with E-state index in [4.69, 9.17) is 13.9 Å². The number of amides is 1. The molecule has 0 spiro atoms. The van der Waals surface area contributed by atoms with Gasteiger partial charge in [0.05, 0.1) is 24.0 Å². The van der Waals surface area contributed by atoms with Gasteiger partial charge in [-0.05, 0) is 30.7 Å². The molecule has 1 aromatic carbocycles. The molecule has 2 heterocycles. The van der Waals surface area contributed by atoms with E-state index in [0.29, 0.717) is 43.4 Å². The smallest absolute Gasteiger partial charge is 0.232 e. The van der Waals surface area contributed by atoms with Crippen LogP contribution in [-0.2, 0) is 20.6 Å². The molecule has 8 nitrogen and oxygen atoms in total. The molecule has 0 radical (unpaired) electrons. The normalized spacial score (nSPS) is 13.1. The van der Waals surface area contributed by atoms with Gasteiger partial charge in [0, 0.05) is 31.3 Å². The lowest BCUT2D eigenvalue weighted by atomic mass is 10.2. The number of nitrogens with zero attached hydrogens (tertiary/aromatic N) is 1. The summed E-state index contributed by atoms with van der Waals surface area (Å²) >= 11 is 1.68. The van der Waals surface area contributed by atoms with E-state index in [1.165, 1.54) is 4.31 Å². The SMILES string of the molecule is CS(=O)(=O)N(CCCC(=O)NCCSCc1ccco1)c1ccc2c(c1)OCCO2. The summed E-state index contributed by atoms with van der Waals surface area (Å²) < 4.78 is 42.1. The largest absolute Gasteiger partial charge is 0.486 e. The molecule has 0 aliphatic carbocycles. The van der Waals surface area contributed by atoms with Gasteiger partial charge < -0.3 is 19.2 Å². The van der Waals surface area contributed by atoms with E-state index in [-0.39, 0.29) is 18.9 Å². The first-order chi connectivity index (χ1) is 14.4. The Labute approximate surface area is 181 Å². The van der Waals surface area contributed by atoms with Gasteiger partial charge in [-0.3, -0.25) is 9.10 Å². The molecule has 0 saturated heterocycles. The minimum Gasteiger partial charge on any atom is -0.486 e. The van der Waals surface area contributed by atoms with Crippen molar-refractivity contribution in [3.63, 3.8) is 0 Å². The van der Waals surface area contributed by atoms with Crippen molar-refractivity contribution in [1.29, 1.82) is 0 Å². The third-order valence-electron chi connectivity index (χ3n) is 4.37. The third-order valence-corrected chi connectivity index (χ3v) is 6.55. The van der Waals surface area contributed by atoms with E-state index in [2.05, 4.69) is 5.32 Å². The molecule has 1 aliphatic heterocycles. The second-order valence-corrected chi connectivity index (χ2v) is 9.76. The van der Waals surface area contributed by atoms with Crippen LogP contribution in [0.2, 0.25) is 0 Å². The monoisotopic (exact) mass is 454 g/mol. The van der Waals surface area contributed by atoms with Crippen molar-refractivity contribution in [2.75, 3.05) is 42.6 Å². The maximum absolute atomic E-state index is 12.3. The number of thioether (sulfide) groups is 1. The molecule has 1 N–H and O–H groups in total. The molecule has 1 aromatic heterocycles. The average Bonchev–Trinajstić information content (AvgIpc) is 3.23. The second kappa shape index (κ2) is 10.6. The highest BCUT2D eigenvalue weighted by Gasteiger charge is 2.21. The molecule has 3 rings (SSSR count). The van der Waals surface area contributed by atoms with E-state index < -0.39 is 10.0 Å². The van der Waals surface area contributed by atoms with Gasteiger partial charge in [-0.25, -0.2) is 8.42 Å². The molecular formula is C20H26N2O6S2. The van der Waals surface area contributed by atoms with Gasteiger partial charge in [-0.2, -0.15) is 11.8 Å². The first kappa shape index (κ1) is 22.4. The first-order valence-corrected chi connectivity index (χ1v) is 12.7. The lowest BCUT2D eigenvalue weighted by Crippen LogP contribution is -2.32. The average molecular weight is 455 g/mol. The number of fused-ring (bicyclic) bond motifs is 1. The number of hydrogen-bond acceptors (Lipinski definition) is 7. The Morgan fingerprint density at radius 3 is 2.73 bits per heavy atom. The molecule has 1 aliphatic rings. The fourth-order valence-electron chi connectivity index (χ4n) is 2.98. The van der Waals surface area contributed by atoms with Crippen molar-refractivity contribution in [2.45, 2.75) is 18.6 Å². The number of furan rings is 1. The molecule has 10 heteroatoms. The van der Waals surface area contributed by atoms with Crippen molar-refractivity contribution < 1.29 is 27.1 Å². The highest BCUT2D eigenvalue weighted by molar-refractivity contribution is 7.98. The quantitative estimate of drug-likeness (QED) is 0.521. The number of anilines is 1. The first-order valence-electron chi connectivity index (χ1n) is 9.67. The number of sulfonamides is 1. The lowest BCUT2D eigenvalue weighted by Gasteiger charge is -2.25. The fraction of sp³-hybridized carbons (Fsp3) is 0.450. The zero-order chi connectivity index (χ0) is 21.4. The van der Waals surface area contributed by atoms with Crippen molar-refractivity contribution in [3.8, 4) is 11.5 Å². The highest BCUT2D eigenvalue weighted by Crippen LogP contribution is 2.34. The minimum absolute atomic E-state index is 0.0933. The zero-order valence-electron chi connectivity index (χ0n) is 16.8. The molecule has 0 fully saturated rings. The number of benzene rings is 1. The van der Waals surface area contributed by atoms with Gasteiger partial charge in [0.1, 0.15) is 19.0 Å².